The molecule has 14 heavy (non-hydrogen) atoms. The predicted molar refractivity (Wildman–Crippen MR) is 53.6 cm³/mol. The zero-order valence-electron chi connectivity index (χ0n) is 8.79. The Labute approximate surface area is 84.3 Å². The first-order chi connectivity index (χ1) is 6.49. The van der Waals surface area contributed by atoms with Crippen LogP contribution < -0.4 is 11.1 Å². The quantitative estimate of drug-likeness (QED) is 0.445. The van der Waals surface area contributed by atoms with Crippen LogP contribution in [-0.2, 0) is 4.79 Å². The first-order valence-corrected chi connectivity index (χ1v) is 4.78. The van der Waals surface area contributed by atoms with E-state index < -0.39 is 11.6 Å². The number of carbonyl (C=O) groups is 1. The monoisotopic (exact) mass is 204 g/mol. The fraction of sp³-hybridized carbons (Fsp3) is 0.889. The molecule has 0 spiro atoms. The lowest BCUT2D eigenvalue weighted by molar-refractivity contribution is -0.125. The second-order valence-electron chi connectivity index (χ2n) is 3.76. The molecule has 0 bridgehead atoms. The van der Waals surface area contributed by atoms with Gasteiger partial charge in [-0.05, 0) is 13.3 Å². The summed E-state index contributed by atoms with van der Waals surface area (Å²) >= 11 is 0. The molecule has 1 atom stereocenters. The van der Waals surface area contributed by atoms with Gasteiger partial charge in [-0.25, -0.2) is 0 Å². The van der Waals surface area contributed by atoms with Crippen LogP contribution >= 0.6 is 0 Å². The van der Waals surface area contributed by atoms with E-state index in [0.29, 0.717) is 6.42 Å². The predicted octanol–water partition coefficient (Wildman–Crippen LogP) is -1.03. The molecule has 0 aromatic heterocycles. The number of hydrogen-bond acceptors (Lipinski definition) is 4. The van der Waals surface area contributed by atoms with Crippen molar-refractivity contribution in [3.05, 3.63) is 0 Å². The Kier molecular flexibility index (Phi) is 5.68. The zero-order chi connectivity index (χ0) is 11.2. The van der Waals surface area contributed by atoms with E-state index in [1.165, 1.54) is 0 Å². The summed E-state index contributed by atoms with van der Waals surface area (Å²) in [5.41, 5.74) is 4.59. The summed E-state index contributed by atoms with van der Waals surface area (Å²) in [5.74, 6) is -0.336. The highest BCUT2D eigenvalue weighted by Gasteiger charge is 2.26. The molecule has 0 aliphatic rings. The summed E-state index contributed by atoms with van der Waals surface area (Å²) in [5, 5.41) is 20.4. The third kappa shape index (κ3) is 4.04. The minimum Gasteiger partial charge on any atom is -0.394 e. The number of nitrogens with two attached hydrogens (primary N) is 1. The molecule has 5 nitrogen and oxygen atoms in total. The molecule has 0 saturated heterocycles. The molecule has 0 heterocycles. The van der Waals surface area contributed by atoms with Crippen molar-refractivity contribution in [2.24, 2.45) is 5.73 Å². The van der Waals surface area contributed by atoms with Crippen molar-refractivity contribution in [3.8, 4) is 0 Å². The van der Waals surface area contributed by atoms with E-state index in [-0.39, 0.29) is 19.1 Å². The fourth-order valence-corrected chi connectivity index (χ4v) is 0.961. The molecule has 0 aliphatic heterocycles. The summed E-state index contributed by atoms with van der Waals surface area (Å²) in [4.78, 5) is 11.4. The molecule has 5 N–H and O–H groups in total. The van der Waals surface area contributed by atoms with Gasteiger partial charge in [-0.1, -0.05) is 13.3 Å². The van der Waals surface area contributed by atoms with Crippen LogP contribution in [0.2, 0.25) is 0 Å². The highest BCUT2D eigenvalue weighted by Crippen LogP contribution is 2.02. The topological polar surface area (TPSA) is 95.6 Å². The van der Waals surface area contributed by atoms with Gasteiger partial charge in [0.1, 0.15) is 0 Å². The lowest BCUT2D eigenvalue weighted by Gasteiger charge is -2.27. The van der Waals surface area contributed by atoms with Gasteiger partial charge in [0.2, 0.25) is 5.91 Å². The molecule has 0 aromatic carbocycles. The van der Waals surface area contributed by atoms with E-state index in [4.69, 9.17) is 15.9 Å². The van der Waals surface area contributed by atoms with Crippen molar-refractivity contribution in [2.45, 2.75) is 38.3 Å². The largest absolute Gasteiger partial charge is 0.394 e. The van der Waals surface area contributed by atoms with Gasteiger partial charge in [-0.2, -0.15) is 0 Å². The molecule has 0 saturated carbocycles. The van der Waals surface area contributed by atoms with Gasteiger partial charge >= 0.3 is 0 Å². The van der Waals surface area contributed by atoms with Crippen LogP contribution in [0.3, 0.4) is 0 Å². The van der Waals surface area contributed by atoms with Gasteiger partial charge < -0.3 is 21.3 Å². The van der Waals surface area contributed by atoms with Crippen LogP contribution in [0.15, 0.2) is 0 Å². The Bertz CT molecular complexity index is 181. The first kappa shape index (κ1) is 13.4. The van der Waals surface area contributed by atoms with Gasteiger partial charge in [-0.3, -0.25) is 4.79 Å². The van der Waals surface area contributed by atoms with Gasteiger partial charge in [-0.15, -0.1) is 0 Å². The average molecular weight is 204 g/mol. The number of nitrogens with one attached hydrogen (secondary N) is 1. The smallest absolute Gasteiger partial charge is 0.237 e. The molecule has 0 aliphatic carbocycles. The van der Waals surface area contributed by atoms with E-state index in [1.54, 1.807) is 6.92 Å². The zero-order valence-corrected chi connectivity index (χ0v) is 8.79. The molecule has 1 unspecified atom stereocenters. The molecule has 0 rings (SSSR count). The van der Waals surface area contributed by atoms with Crippen LogP contribution in [0.5, 0.6) is 0 Å². The Hall–Kier alpha value is -0.650. The Morgan fingerprint density at radius 1 is 1.50 bits per heavy atom. The fourth-order valence-electron chi connectivity index (χ4n) is 0.961. The summed E-state index contributed by atoms with van der Waals surface area (Å²) in [7, 11) is 0. The van der Waals surface area contributed by atoms with Crippen LogP contribution in [0.4, 0.5) is 0 Å². The highest BCUT2D eigenvalue weighted by atomic mass is 16.3. The normalized spacial score (nSPS) is 13.8. The molecular weight excluding hydrogens is 184 g/mol. The summed E-state index contributed by atoms with van der Waals surface area (Å²) < 4.78 is 0. The minimum atomic E-state index is -0.984. The van der Waals surface area contributed by atoms with E-state index >= 15 is 0 Å². The lowest BCUT2D eigenvalue weighted by Crippen LogP contribution is -2.56. The summed E-state index contributed by atoms with van der Waals surface area (Å²) in [6, 6.07) is -0.572. The van der Waals surface area contributed by atoms with E-state index in [0.717, 1.165) is 6.42 Å². The standard InChI is InChI=1S/C9H20N2O3/c1-3-4-7(10)8(14)11-9(2,5-12)6-13/h7,12-13H,3-6,10H2,1-2H3,(H,11,14). The van der Waals surface area contributed by atoms with Gasteiger partial charge in [0.15, 0.2) is 0 Å². The molecule has 1 amide bonds. The van der Waals surface area contributed by atoms with E-state index in [2.05, 4.69) is 5.32 Å². The van der Waals surface area contributed by atoms with Gasteiger partial charge in [0.05, 0.1) is 24.8 Å². The van der Waals surface area contributed by atoms with Crippen LogP contribution in [0.1, 0.15) is 26.7 Å². The Morgan fingerprint density at radius 2 is 2.00 bits per heavy atom. The molecule has 84 valence electrons. The van der Waals surface area contributed by atoms with Crippen molar-refractivity contribution < 1.29 is 15.0 Å². The number of carbonyl (C=O) groups excluding carboxylic acids is 1. The molecule has 5 heteroatoms. The number of aliphatic hydroxyl groups excluding tert-OH is 2. The van der Waals surface area contributed by atoms with Gasteiger partial charge in [0, 0.05) is 0 Å². The molecule has 0 aromatic rings. The maximum absolute atomic E-state index is 11.4. The van der Waals surface area contributed by atoms with Crippen molar-refractivity contribution >= 4 is 5.91 Å². The maximum atomic E-state index is 11.4. The number of hydrogen-bond donors (Lipinski definition) is 4. The second kappa shape index (κ2) is 5.95. The third-order valence-electron chi connectivity index (χ3n) is 2.06. The van der Waals surface area contributed by atoms with E-state index in [9.17, 15) is 4.79 Å². The molecule has 0 radical (unpaired) electrons. The molecular formula is C9H20N2O3. The third-order valence-corrected chi connectivity index (χ3v) is 2.06. The van der Waals surface area contributed by atoms with Gasteiger partial charge in [0.25, 0.3) is 0 Å². The minimum absolute atomic E-state index is 0.311. The van der Waals surface area contributed by atoms with E-state index in [1.807, 2.05) is 6.92 Å². The lowest BCUT2D eigenvalue weighted by atomic mass is 10.0. The Morgan fingerprint density at radius 3 is 2.36 bits per heavy atom. The van der Waals surface area contributed by atoms with Crippen molar-refractivity contribution in [1.82, 2.24) is 5.32 Å². The second-order valence-corrected chi connectivity index (χ2v) is 3.76. The number of aliphatic hydroxyl groups is 2. The van der Waals surface area contributed by atoms with Crippen LogP contribution in [0, 0.1) is 0 Å². The van der Waals surface area contributed by atoms with Crippen molar-refractivity contribution in [1.29, 1.82) is 0 Å². The van der Waals surface area contributed by atoms with Crippen LogP contribution in [-0.4, -0.2) is 40.9 Å². The SMILES string of the molecule is CCCC(N)C(=O)NC(C)(CO)CO. The summed E-state index contributed by atoms with van der Waals surface area (Å²) in [6.45, 7) is 2.87. The van der Waals surface area contributed by atoms with Crippen molar-refractivity contribution in [3.63, 3.8) is 0 Å². The highest BCUT2D eigenvalue weighted by molar-refractivity contribution is 5.82. The van der Waals surface area contributed by atoms with Crippen molar-refractivity contribution in [2.75, 3.05) is 13.2 Å². The maximum Gasteiger partial charge on any atom is 0.237 e. The average Bonchev–Trinajstić information content (AvgIpc) is 2.18. The number of amides is 1. The first-order valence-electron chi connectivity index (χ1n) is 4.78. The summed E-state index contributed by atoms with van der Waals surface area (Å²) in [6.07, 6.45) is 1.42. The van der Waals surface area contributed by atoms with Crippen LogP contribution in [0.25, 0.3) is 0 Å². The molecule has 0 fully saturated rings. The number of rotatable bonds is 6. The Balaban J connectivity index is 4.15.